The molecule has 0 bridgehead atoms. The molecule has 0 spiro atoms. The number of nitrogens with zero attached hydrogens (tertiary/aromatic N) is 3. The van der Waals surface area contributed by atoms with E-state index in [0.29, 0.717) is 0 Å². The van der Waals surface area contributed by atoms with Gasteiger partial charge in [-0.2, -0.15) is 5.10 Å². The van der Waals surface area contributed by atoms with Crippen molar-refractivity contribution >= 4 is 11.8 Å². The van der Waals surface area contributed by atoms with Gasteiger partial charge in [0.15, 0.2) is 0 Å². The molecule has 2 aromatic rings. The summed E-state index contributed by atoms with van der Waals surface area (Å²) in [7, 11) is 1.96. The van der Waals surface area contributed by atoms with E-state index >= 15 is 0 Å². The van der Waals surface area contributed by atoms with Gasteiger partial charge in [0.2, 0.25) is 0 Å². The van der Waals surface area contributed by atoms with Gasteiger partial charge in [-0.05, 0) is 31.7 Å². The second kappa shape index (κ2) is 6.56. The lowest BCUT2D eigenvalue weighted by molar-refractivity contribution is 0.632. The van der Waals surface area contributed by atoms with Crippen LogP contribution in [0.1, 0.15) is 18.3 Å². The van der Waals surface area contributed by atoms with E-state index in [1.165, 1.54) is 10.5 Å². The van der Waals surface area contributed by atoms with Gasteiger partial charge < -0.3 is 5.32 Å². The molecule has 0 aliphatic rings. The molecular formula is C13H18N4S. The van der Waals surface area contributed by atoms with Gasteiger partial charge in [0, 0.05) is 18.0 Å². The van der Waals surface area contributed by atoms with Gasteiger partial charge in [0.05, 0.1) is 5.75 Å². The average molecular weight is 262 g/mol. The average Bonchev–Trinajstić information content (AvgIpc) is 2.84. The van der Waals surface area contributed by atoms with E-state index in [2.05, 4.69) is 46.6 Å². The highest BCUT2D eigenvalue weighted by Gasteiger charge is 2.03. The number of rotatable bonds is 6. The zero-order valence-corrected chi connectivity index (χ0v) is 11.6. The van der Waals surface area contributed by atoms with Crippen LogP contribution >= 0.6 is 11.8 Å². The molecule has 1 aromatic heterocycles. The second-order valence-electron chi connectivity index (χ2n) is 3.96. The Bertz CT molecular complexity index is 495. The highest BCUT2D eigenvalue weighted by molar-refractivity contribution is 7.98. The lowest BCUT2D eigenvalue weighted by Gasteiger charge is -2.05. The van der Waals surface area contributed by atoms with Crippen molar-refractivity contribution in [2.45, 2.75) is 30.7 Å². The Labute approximate surface area is 112 Å². The van der Waals surface area contributed by atoms with Crippen LogP contribution in [0.5, 0.6) is 0 Å². The number of aromatic nitrogens is 3. The molecule has 0 aliphatic carbocycles. The zero-order valence-electron chi connectivity index (χ0n) is 10.8. The van der Waals surface area contributed by atoms with Gasteiger partial charge in [-0.3, -0.25) is 0 Å². The molecule has 96 valence electrons. The van der Waals surface area contributed by atoms with Gasteiger partial charge in [-0.1, -0.05) is 12.1 Å². The summed E-state index contributed by atoms with van der Waals surface area (Å²) in [6.07, 6.45) is 1.62. The van der Waals surface area contributed by atoms with Crippen LogP contribution in [0.15, 0.2) is 35.5 Å². The minimum Gasteiger partial charge on any atom is -0.316 e. The van der Waals surface area contributed by atoms with Crippen molar-refractivity contribution in [2.24, 2.45) is 0 Å². The van der Waals surface area contributed by atoms with Crippen LogP contribution in [-0.4, -0.2) is 21.8 Å². The maximum absolute atomic E-state index is 4.28. The summed E-state index contributed by atoms with van der Waals surface area (Å²) >= 11 is 1.80. The number of benzene rings is 1. The molecule has 1 heterocycles. The van der Waals surface area contributed by atoms with Crippen LogP contribution in [0.2, 0.25) is 0 Å². The number of hydrogen-bond donors (Lipinski definition) is 1. The molecule has 0 unspecified atom stereocenters. The molecule has 1 N–H and O–H groups in total. The predicted octanol–water partition coefficient (Wildman–Crippen LogP) is 2.31. The first kappa shape index (κ1) is 13.1. The number of nitrogens with one attached hydrogen (secondary N) is 1. The molecule has 1 aromatic carbocycles. The Balaban J connectivity index is 1.99. The van der Waals surface area contributed by atoms with Crippen molar-refractivity contribution in [3.8, 4) is 0 Å². The van der Waals surface area contributed by atoms with Crippen molar-refractivity contribution in [3.63, 3.8) is 0 Å². The van der Waals surface area contributed by atoms with Crippen molar-refractivity contribution < 1.29 is 0 Å². The Morgan fingerprint density at radius 1 is 1.39 bits per heavy atom. The van der Waals surface area contributed by atoms with E-state index in [-0.39, 0.29) is 0 Å². The lowest BCUT2D eigenvalue weighted by atomic mass is 10.2. The normalized spacial score (nSPS) is 10.8. The number of aryl methyl sites for hydroxylation is 1. The molecule has 5 heteroatoms. The maximum Gasteiger partial charge on any atom is 0.138 e. The predicted molar refractivity (Wildman–Crippen MR) is 74.5 cm³/mol. The van der Waals surface area contributed by atoms with Crippen molar-refractivity contribution in [3.05, 3.63) is 42.0 Å². The van der Waals surface area contributed by atoms with Crippen LogP contribution < -0.4 is 5.32 Å². The summed E-state index contributed by atoms with van der Waals surface area (Å²) in [5.74, 6) is 1.89. The monoisotopic (exact) mass is 262 g/mol. The van der Waals surface area contributed by atoms with Crippen molar-refractivity contribution in [1.82, 2.24) is 20.1 Å². The first-order chi connectivity index (χ1) is 8.83. The minimum absolute atomic E-state index is 0.858. The molecular weight excluding hydrogens is 244 g/mol. The molecule has 0 amide bonds. The summed E-state index contributed by atoms with van der Waals surface area (Å²) in [6.45, 7) is 3.85. The molecule has 4 nitrogen and oxygen atoms in total. The third-order valence-corrected chi connectivity index (χ3v) is 3.63. The Morgan fingerprint density at radius 2 is 2.28 bits per heavy atom. The smallest absolute Gasteiger partial charge is 0.138 e. The first-order valence-corrected chi connectivity index (χ1v) is 7.05. The van der Waals surface area contributed by atoms with Gasteiger partial charge >= 0.3 is 0 Å². The minimum atomic E-state index is 0.858. The SMILES string of the molecule is CCn1ncnc1CSc1cccc(CNC)c1. The fourth-order valence-electron chi connectivity index (χ4n) is 1.76. The first-order valence-electron chi connectivity index (χ1n) is 6.06. The molecule has 0 aliphatic heterocycles. The summed E-state index contributed by atoms with van der Waals surface area (Å²) in [5, 5.41) is 7.34. The molecule has 0 radical (unpaired) electrons. The van der Waals surface area contributed by atoms with E-state index < -0.39 is 0 Å². The largest absolute Gasteiger partial charge is 0.316 e. The standard InChI is InChI=1S/C13H18N4S/c1-3-17-13(15-10-16-17)9-18-12-6-4-5-11(7-12)8-14-2/h4-7,10,14H,3,8-9H2,1-2H3. The Kier molecular flexibility index (Phi) is 4.78. The highest BCUT2D eigenvalue weighted by Crippen LogP contribution is 2.22. The fourth-order valence-corrected chi connectivity index (χ4v) is 2.69. The third-order valence-electron chi connectivity index (χ3n) is 2.64. The Hall–Kier alpha value is -1.33. The van der Waals surface area contributed by atoms with Crippen LogP contribution in [0, 0.1) is 0 Å². The van der Waals surface area contributed by atoms with E-state index in [1.54, 1.807) is 18.1 Å². The summed E-state index contributed by atoms with van der Waals surface area (Å²) in [4.78, 5) is 5.55. The summed E-state index contributed by atoms with van der Waals surface area (Å²) in [5.41, 5.74) is 1.31. The van der Waals surface area contributed by atoms with Gasteiger partial charge in [-0.25, -0.2) is 9.67 Å². The van der Waals surface area contributed by atoms with E-state index in [0.717, 1.165) is 24.7 Å². The summed E-state index contributed by atoms with van der Waals surface area (Å²) in [6, 6.07) is 8.58. The van der Waals surface area contributed by atoms with E-state index in [9.17, 15) is 0 Å². The van der Waals surface area contributed by atoms with Gasteiger partial charge in [0.25, 0.3) is 0 Å². The molecule has 2 rings (SSSR count). The molecule has 0 saturated carbocycles. The van der Waals surface area contributed by atoms with E-state index in [4.69, 9.17) is 0 Å². The third kappa shape index (κ3) is 3.34. The van der Waals surface area contributed by atoms with Crippen LogP contribution in [0.3, 0.4) is 0 Å². The van der Waals surface area contributed by atoms with Crippen molar-refractivity contribution in [1.29, 1.82) is 0 Å². The highest BCUT2D eigenvalue weighted by atomic mass is 32.2. The summed E-state index contributed by atoms with van der Waals surface area (Å²) < 4.78 is 1.93. The fraction of sp³-hybridized carbons (Fsp3) is 0.385. The van der Waals surface area contributed by atoms with E-state index in [1.807, 2.05) is 11.7 Å². The second-order valence-corrected chi connectivity index (χ2v) is 5.01. The lowest BCUT2D eigenvalue weighted by Crippen LogP contribution is -2.04. The topological polar surface area (TPSA) is 42.7 Å². The molecule has 0 saturated heterocycles. The van der Waals surface area contributed by atoms with Crippen LogP contribution in [-0.2, 0) is 18.8 Å². The molecule has 18 heavy (non-hydrogen) atoms. The van der Waals surface area contributed by atoms with Gasteiger partial charge in [0.1, 0.15) is 12.2 Å². The van der Waals surface area contributed by atoms with Crippen LogP contribution in [0.4, 0.5) is 0 Å². The number of thioether (sulfide) groups is 1. The number of hydrogen-bond acceptors (Lipinski definition) is 4. The molecule has 0 atom stereocenters. The maximum atomic E-state index is 4.28. The van der Waals surface area contributed by atoms with Gasteiger partial charge in [-0.15, -0.1) is 11.8 Å². The van der Waals surface area contributed by atoms with Crippen molar-refractivity contribution in [2.75, 3.05) is 7.05 Å². The molecule has 0 fully saturated rings. The quantitative estimate of drug-likeness (QED) is 0.811. The zero-order chi connectivity index (χ0) is 12.8. The Morgan fingerprint density at radius 3 is 3.06 bits per heavy atom. The van der Waals surface area contributed by atoms with Crippen LogP contribution in [0.25, 0.3) is 0 Å².